The Morgan fingerprint density at radius 3 is 2.59 bits per heavy atom. The average Bonchev–Trinajstić information content (AvgIpc) is 2.69. The predicted molar refractivity (Wildman–Crippen MR) is 122 cm³/mol. The van der Waals surface area contributed by atoms with Crippen molar-refractivity contribution >= 4 is 58.2 Å². The van der Waals surface area contributed by atoms with Gasteiger partial charge < -0.3 is 26.4 Å². The van der Waals surface area contributed by atoms with Crippen LogP contribution in [-0.4, -0.2) is 47.1 Å². The van der Waals surface area contributed by atoms with Gasteiger partial charge in [-0.05, 0) is 52.9 Å². The number of nitrogens with zero attached hydrogens (tertiary/aromatic N) is 3. The number of benzene rings is 2. The lowest BCUT2D eigenvalue weighted by molar-refractivity contribution is -0.0761. The topological polar surface area (TPSA) is 127 Å². The predicted octanol–water partition coefficient (Wildman–Crippen LogP) is 2.45. The molecular formula is C19H17ClF3IN6O2. The number of aliphatic imine (C=N–C) groups is 1. The molecule has 5 N–H and O–H groups in total. The maximum atomic E-state index is 14.5. The number of hydrogen-bond donors (Lipinski definition) is 4. The molecular weight excluding hydrogens is 564 g/mol. The highest BCUT2D eigenvalue weighted by Crippen LogP contribution is 2.31. The van der Waals surface area contributed by atoms with Crippen LogP contribution in [-0.2, 0) is 0 Å². The standard InChI is InChI=1S/C19H16F3IN6O2.ClH/c20-12-3-2-11(16(15(12)22)28-14-4-1-10(23)5-13(14)21)17(30)29-7-19(31,8-29)6-26-18(25)27-9-24;/h1-5,28,31H,6-8H2,(H3,25,26,27);1H. The first-order valence-electron chi connectivity index (χ1n) is 8.81. The summed E-state index contributed by atoms with van der Waals surface area (Å²) in [5.41, 5.74) is 3.20. The number of β-amino-alcohol motifs (C(OH)–C–C–N with tert-alkyl or cyclic N) is 1. The van der Waals surface area contributed by atoms with Gasteiger partial charge in [0.2, 0.25) is 12.2 Å². The summed E-state index contributed by atoms with van der Waals surface area (Å²) in [6.07, 6.45) is 1.49. The van der Waals surface area contributed by atoms with Crippen LogP contribution in [0.5, 0.6) is 0 Å². The number of anilines is 2. The number of amides is 1. The number of halogens is 5. The Labute approximate surface area is 200 Å². The van der Waals surface area contributed by atoms with Crippen molar-refractivity contribution in [3.05, 3.63) is 56.9 Å². The zero-order valence-corrected chi connectivity index (χ0v) is 19.2. The number of rotatable bonds is 5. The number of aliphatic hydroxyl groups is 1. The van der Waals surface area contributed by atoms with Gasteiger partial charge in [0.15, 0.2) is 11.6 Å². The van der Waals surface area contributed by atoms with Gasteiger partial charge in [0.1, 0.15) is 11.4 Å². The first kappa shape index (κ1) is 25.5. The van der Waals surface area contributed by atoms with E-state index in [9.17, 15) is 23.1 Å². The van der Waals surface area contributed by atoms with Gasteiger partial charge in [-0.1, -0.05) is 0 Å². The highest BCUT2D eigenvalue weighted by molar-refractivity contribution is 14.1. The summed E-state index contributed by atoms with van der Waals surface area (Å²) in [5, 5.41) is 23.8. The van der Waals surface area contributed by atoms with Gasteiger partial charge in [0.25, 0.3) is 5.91 Å². The van der Waals surface area contributed by atoms with Gasteiger partial charge in [-0.3, -0.25) is 4.79 Å². The van der Waals surface area contributed by atoms with Crippen LogP contribution in [0.1, 0.15) is 10.4 Å². The third kappa shape index (κ3) is 5.53. The molecule has 170 valence electrons. The summed E-state index contributed by atoms with van der Waals surface area (Å²) in [5.74, 6) is -4.11. The summed E-state index contributed by atoms with van der Waals surface area (Å²) in [7, 11) is 0. The van der Waals surface area contributed by atoms with E-state index in [1.807, 2.05) is 22.6 Å². The molecule has 32 heavy (non-hydrogen) atoms. The lowest BCUT2D eigenvalue weighted by atomic mass is 9.93. The number of carbonyl (C=O) groups is 1. The van der Waals surface area contributed by atoms with Crippen molar-refractivity contribution in [1.82, 2.24) is 10.2 Å². The molecule has 0 saturated carbocycles. The minimum Gasteiger partial charge on any atom is -0.384 e. The zero-order valence-electron chi connectivity index (χ0n) is 16.2. The fourth-order valence-electron chi connectivity index (χ4n) is 3.02. The third-order valence-electron chi connectivity index (χ3n) is 4.54. The molecule has 1 saturated heterocycles. The summed E-state index contributed by atoms with van der Waals surface area (Å²) in [4.78, 5) is 17.3. The highest BCUT2D eigenvalue weighted by atomic mass is 127. The number of carbonyl (C=O) groups excluding carboxylic acids is 1. The Hall–Kier alpha value is -2.76. The van der Waals surface area contributed by atoms with E-state index >= 15 is 0 Å². The van der Waals surface area contributed by atoms with Crippen molar-refractivity contribution in [2.24, 2.45) is 10.7 Å². The molecule has 0 bridgehead atoms. The first-order valence-corrected chi connectivity index (χ1v) is 9.89. The molecule has 0 aromatic heterocycles. The number of likely N-dealkylation sites (tertiary alicyclic amines) is 1. The fraction of sp³-hybridized carbons (Fsp3) is 0.211. The highest BCUT2D eigenvalue weighted by Gasteiger charge is 2.44. The van der Waals surface area contributed by atoms with Crippen molar-refractivity contribution in [1.29, 1.82) is 5.26 Å². The summed E-state index contributed by atoms with van der Waals surface area (Å²) < 4.78 is 43.1. The number of nitrogens with one attached hydrogen (secondary N) is 2. The number of hydrogen-bond acceptors (Lipinski definition) is 5. The molecule has 2 aromatic carbocycles. The Kier molecular flexibility index (Phi) is 8.16. The van der Waals surface area contributed by atoms with Gasteiger partial charge in [-0.2, -0.15) is 5.26 Å². The molecule has 1 aliphatic rings. The smallest absolute Gasteiger partial charge is 0.256 e. The van der Waals surface area contributed by atoms with Gasteiger partial charge in [0, 0.05) is 10.1 Å². The SMILES string of the molecule is Cl.N#CN=C(N)NCC1(O)CN(C(=O)c2ccc(F)c(F)c2Nc2ccc(I)cc2F)C1. The summed E-state index contributed by atoms with van der Waals surface area (Å²) in [6, 6.07) is 5.99. The maximum absolute atomic E-state index is 14.5. The van der Waals surface area contributed by atoms with Crippen molar-refractivity contribution in [3.63, 3.8) is 0 Å². The molecule has 0 unspecified atom stereocenters. The van der Waals surface area contributed by atoms with E-state index in [0.717, 1.165) is 12.1 Å². The Bertz CT molecular complexity index is 1110. The van der Waals surface area contributed by atoms with Crippen LogP contribution in [0.3, 0.4) is 0 Å². The van der Waals surface area contributed by atoms with Gasteiger partial charge in [-0.25, -0.2) is 13.2 Å². The quantitative estimate of drug-likeness (QED) is 0.186. The van der Waals surface area contributed by atoms with Crippen LogP contribution in [0, 0.1) is 32.5 Å². The van der Waals surface area contributed by atoms with Crippen molar-refractivity contribution in [3.8, 4) is 6.19 Å². The van der Waals surface area contributed by atoms with E-state index in [1.54, 1.807) is 6.07 Å². The van der Waals surface area contributed by atoms with Crippen molar-refractivity contribution in [2.75, 3.05) is 25.0 Å². The van der Waals surface area contributed by atoms with E-state index in [4.69, 9.17) is 11.0 Å². The zero-order chi connectivity index (χ0) is 22.8. The van der Waals surface area contributed by atoms with Gasteiger partial charge >= 0.3 is 0 Å². The van der Waals surface area contributed by atoms with Gasteiger partial charge in [0.05, 0.1) is 30.0 Å². The van der Waals surface area contributed by atoms with E-state index in [0.29, 0.717) is 3.57 Å². The van der Waals surface area contributed by atoms with E-state index in [1.165, 1.54) is 23.2 Å². The number of nitrogens with two attached hydrogens (primary N) is 1. The molecule has 8 nitrogen and oxygen atoms in total. The Balaban J connectivity index is 0.00000363. The molecule has 3 rings (SSSR count). The molecule has 1 heterocycles. The fourth-order valence-corrected chi connectivity index (χ4v) is 3.47. The normalized spacial score (nSPS) is 14.6. The molecule has 0 spiro atoms. The molecule has 13 heteroatoms. The molecule has 1 aliphatic heterocycles. The largest absolute Gasteiger partial charge is 0.384 e. The monoisotopic (exact) mass is 580 g/mol. The minimum atomic E-state index is -1.35. The van der Waals surface area contributed by atoms with Crippen LogP contribution in [0.15, 0.2) is 35.3 Å². The number of nitriles is 1. The lowest BCUT2D eigenvalue weighted by Crippen LogP contribution is -2.67. The molecule has 1 amide bonds. The first-order chi connectivity index (χ1) is 14.6. The van der Waals surface area contributed by atoms with E-state index in [2.05, 4.69) is 15.6 Å². The minimum absolute atomic E-state index is 0. The van der Waals surface area contributed by atoms with Crippen LogP contribution < -0.4 is 16.4 Å². The second-order valence-corrected chi connectivity index (χ2v) is 8.11. The molecule has 1 fully saturated rings. The van der Waals surface area contributed by atoms with Gasteiger partial charge in [-0.15, -0.1) is 17.4 Å². The molecule has 0 atom stereocenters. The molecule has 0 aliphatic carbocycles. The lowest BCUT2D eigenvalue weighted by Gasteiger charge is -2.46. The van der Waals surface area contributed by atoms with Crippen molar-refractivity contribution < 1.29 is 23.1 Å². The van der Waals surface area contributed by atoms with Crippen molar-refractivity contribution in [2.45, 2.75) is 5.60 Å². The third-order valence-corrected chi connectivity index (χ3v) is 5.21. The van der Waals surface area contributed by atoms with Crippen LogP contribution in [0.4, 0.5) is 24.5 Å². The van der Waals surface area contributed by atoms with E-state index in [-0.39, 0.29) is 49.3 Å². The number of guanidine groups is 1. The second-order valence-electron chi connectivity index (χ2n) is 6.87. The maximum Gasteiger partial charge on any atom is 0.256 e. The Morgan fingerprint density at radius 2 is 1.97 bits per heavy atom. The summed E-state index contributed by atoms with van der Waals surface area (Å²) >= 11 is 1.90. The van der Waals surface area contributed by atoms with E-state index < -0.39 is 34.6 Å². The van der Waals surface area contributed by atoms with Crippen LogP contribution >= 0.6 is 35.0 Å². The molecule has 0 radical (unpaired) electrons. The van der Waals surface area contributed by atoms with Crippen LogP contribution in [0.2, 0.25) is 0 Å². The second kappa shape index (κ2) is 10.2. The molecule has 2 aromatic rings. The Morgan fingerprint density at radius 1 is 1.28 bits per heavy atom. The average molecular weight is 581 g/mol. The van der Waals surface area contributed by atoms with Crippen LogP contribution in [0.25, 0.3) is 0 Å². The summed E-state index contributed by atoms with van der Waals surface area (Å²) in [6.45, 7) is -0.339.